The van der Waals surface area contributed by atoms with Gasteiger partial charge in [0.25, 0.3) is 0 Å². The van der Waals surface area contributed by atoms with Crippen LogP contribution in [0, 0.1) is 0 Å². The molecule has 0 saturated carbocycles. The summed E-state index contributed by atoms with van der Waals surface area (Å²) < 4.78 is 2.20. The molecule has 0 aliphatic heterocycles. The van der Waals surface area contributed by atoms with Crippen molar-refractivity contribution in [1.82, 2.24) is 10.3 Å². The van der Waals surface area contributed by atoms with Crippen molar-refractivity contribution in [3.63, 3.8) is 0 Å². The zero-order chi connectivity index (χ0) is 11.4. The number of thiophene rings is 1. The Labute approximate surface area is 115 Å². The van der Waals surface area contributed by atoms with Crippen LogP contribution in [0.1, 0.15) is 10.4 Å². The molecule has 0 saturated heterocycles. The second-order valence-electron chi connectivity index (χ2n) is 3.31. The van der Waals surface area contributed by atoms with E-state index in [4.69, 9.17) is 0 Å². The summed E-state index contributed by atoms with van der Waals surface area (Å²) in [5, 5.41) is 5.48. The number of pyridine rings is 1. The minimum Gasteiger partial charge on any atom is -0.308 e. The number of aromatic nitrogens is 1. The fraction of sp³-hybridized carbons (Fsp3) is 0.182. The summed E-state index contributed by atoms with van der Waals surface area (Å²) in [5.74, 6) is 0. The first-order valence-corrected chi connectivity index (χ1v) is 7.24. The largest absolute Gasteiger partial charge is 0.308 e. The molecule has 84 valence electrons. The molecule has 1 N–H and O–H groups in total. The van der Waals surface area contributed by atoms with Crippen LogP contribution in [0.2, 0.25) is 0 Å². The molecule has 2 rings (SSSR count). The van der Waals surface area contributed by atoms with Crippen molar-refractivity contribution in [2.24, 2.45) is 0 Å². The average Bonchev–Trinajstić information content (AvgIpc) is 2.65. The van der Waals surface area contributed by atoms with Gasteiger partial charge < -0.3 is 5.32 Å². The Hall–Kier alpha value is -0.230. The number of rotatable bonds is 4. The molecular formula is C11H10Br2N2S. The molecule has 16 heavy (non-hydrogen) atoms. The highest BCUT2D eigenvalue weighted by Gasteiger charge is 2.00. The summed E-state index contributed by atoms with van der Waals surface area (Å²) in [6, 6.07) is 4.14. The van der Waals surface area contributed by atoms with Gasteiger partial charge in [0.05, 0.1) is 0 Å². The highest BCUT2D eigenvalue weighted by atomic mass is 79.9. The first-order valence-electron chi connectivity index (χ1n) is 4.78. The Morgan fingerprint density at radius 3 is 2.81 bits per heavy atom. The van der Waals surface area contributed by atoms with E-state index in [-0.39, 0.29) is 0 Å². The molecule has 0 aliphatic carbocycles. The van der Waals surface area contributed by atoms with Crippen LogP contribution in [-0.4, -0.2) is 4.98 Å². The van der Waals surface area contributed by atoms with E-state index in [1.165, 1.54) is 14.9 Å². The lowest BCUT2D eigenvalue weighted by Gasteiger charge is -2.04. The topological polar surface area (TPSA) is 24.9 Å². The highest BCUT2D eigenvalue weighted by molar-refractivity contribution is 9.10. The van der Waals surface area contributed by atoms with Gasteiger partial charge >= 0.3 is 0 Å². The van der Waals surface area contributed by atoms with Crippen LogP contribution in [0.25, 0.3) is 0 Å². The van der Waals surface area contributed by atoms with Gasteiger partial charge in [-0.1, -0.05) is 0 Å². The molecule has 0 amide bonds. The standard InChI is InChI=1S/C11H10Br2N2S/c12-9-3-8(4-14-6-9)5-15-7-11-10(13)1-2-16-11/h1-4,6,15H,5,7H2. The van der Waals surface area contributed by atoms with Crippen molar-refractivity contribution in [3.05, 3.63) is 49.3 Å². The van der Waals surface area contributed by atoms with Gasteiger partial charge in [0.15, 0.2) is 0 Å². The minimum atomic E-state index is 0.830. The Kier molecular flexibility index (Phi) is 4.52. The molecule has 0 radical (unpaired) electrons. The van der Waals surface area contributed by atoms with Gasteiger partial charge in [0.2, 0.25) is 0 Å². The van der Waals surface area contributed by atoms with E-state index in [1.54, 1.807) is 17.5 Å². The Morgan fingerprint density at radius 1 is 1.25 bits per heavy atom. The molecule has 0 unspecified atom stereocenters. The van der Waals surface area contributed by atoms with Crippen molar-refractivity contribution in [2.45, 2.75) is 13.1 Å². The van der Waals surface area contributed by atoms with E-state index < -0.39 is 0 Å². The molecule has 0 aliphatic rings. The summed E-state index contributed by atoms with van der Waals surface area (Å²) in [6.07, 6.45) is 3.67. The molecule has 2 aromatic rings. The van der Waals surface area contributed by atoms with Gasteiger partial charge in [-0.05, 0) is 54.9 Å². The maximum atomic E-state index is 4.12. The first-order chi connectivity index (χ1) is 7.75. The molecule has 0 spiro atoms. The smallest absolute Gasteiger partial charge is 0.0410 e. The molecule has 0 fully saturated rings. The van der Waals surface area contributed by atoms with Crippen molar-refractivity contribution in [3.8, 4) is 0 Å². The predicted molar refractivity (Wildman–Crippen MR) is 74.5 cm³/mol. The van der Waals surface area contributed by atoms with Crippen molar-refractivity contribution in [1.29, 1.82) is 0 Å². The van der Waals surface area contributed by atoms with Crippen LogP contribution >= 0.6 is 43.2 Å². The van der Waals surface area contributed by atoms with E-state index in [0.29, 0.717) is 0 Å². The van der Waals surface area contributed by atoms with Crippen LogP contribution in [0.4, 0.5) is 0 Å². The van der Waals surface area contributed by atoms with Crippen LogP contribution in [-0.2, 0) is 13.1 Å². The van der Waals surface area contributed by atoms with Crippen molar-refractivity contribution in [2.75, 3.05) is 0 Å². The van der Waals surface area contributed by atoms with Gasteiger partial charge in [-0.25, -0.2) is 0 Å². The lowest BCUT2D eigenvalue weighted by atomic mass is 10.3. The normalized spacial score (nSPS) is 10.6. The summed E-state index contributed by atoms with van der Waals surface area (Å²) in [6.45, 7) is 1.71. The maximum absolute atomic E-state index is 4.12. The molecule has 0 bridgehead atoms. The lowest BCUT2D eigenvalue weighted by Crippen LogP contribution is -2.12. The third-order valence-corrected chi connectivity index (χ3v) is 4.43. The number of hydrogen-bond acceptors (Lipinski definition) is 3. The molecule has 2 aromatic heterocycles. The van der Waals surface area contributed by atoms with Crippen molar-refractivity contribution >= 4 is 43.2 Å². The van der Waals surface area contributed by atoms with Gasteiger partial charge in [0, 0.05) is 39.3 Å². The van der Waals surface area contributed by atoms with Crippen LogP contribution in [0.3, 0.4) is 0 Å². The second-order valence-corrected chi connectivity index (χ2v) is 6.08. The Balaban J connectivity index is 1.87. The summed E-state index contributed by atoms with van der Waals surface area (Å²) in [4.78, 5) is 5.45. The Bertz CT molecular complexity index is 471. The third-order valence-electron chi connectivity index (χ3n) is 2.07. The monoisotopic (exact) mass is 360 g/mol. The number of halogens is 2. The molecule has 0 atom stereocenters. The quantitative estimate of drug-likeness (QED) is 0.891. The Morgan fingerprint density at radius 2 is 2.12 bits per heavy atom. The van der Waals surface area contributed by atoms with E-state index in [1.807, 2.05) is 6.20 Å². The van der Waals surface area contributed by atoms with E-state index in [2.05, 4.69) is 59.7 Å². The fourth-order valence-corrected chi connectivity index (χ4v) is 3.20. The first kappa shape index (κ1) is 12.2. The van der Waals surface area contributed by atoms with Gasteiger partial charge in [0.1, 0.15) is 0 Å². The summed E-state index contributed by atoms with van der Waals surface area (Å²) in [7, 11) is 0. The highest BCUT2D eigenvalue weighted by Crippen LogP contribution is 2.22. The SMILES string of the molecule is Brc1cncc(CNCc2sccc2Br)c1. The third kappa shape index (κ3) is 3.38. The maximum Gasteiger partial charge on any atom is 0.0410 e. The second kappa shape index (κ2) is 5.91. The van der Waals surface area contributed by atoms with Crippen LogP contribution < -0.4 is 5.32 Å². The fourth-order valence-electron chi connectivity index (χ4n) is 1.32. The van der Waals surface area contributed by atoms with E-state index in [0.717, 1.165) is 17.6 Å². The number of nitrogens with zero attached hydrogens (tertiary/aromatic N) is 1. The number of nitrogens with one attached hydrogen (secondary N) is 1. The molecular weight excluding hydrogens is 352 g/mol. The van der Waals surface area contributed by atoms with E-state index >= 15 is 0 Å². The lowest BCUT2D eigenvalue weighted by molar-refractivity contribution is 0.697. The van der Waals surface area contributed by atoms with Crippen LogP contribution in [0.15, 0.2) is 38.9 Å². The van der Waals surface area contributed by atoms with E-state index in [9.17, 15) is 0 Å². The zero-order valence-corrected chi connectivity index (χ0v) is 12.4. The molecule has 0 aromatic carbocycles. The zero-order valence-electron chi connectivity index (χ0n) is 8.41. The minimum absolute atomic E-state index is 0.830. The molecule has 2 nitrogen and oxygen atoms in total. The summed E-state index contributed by atoms with van der Waals surface area (Å²) in [5.41, 5.74) is 1.18. The number of hydrogen-bond donors (Lipinski definition) is 1. The van der Waals surface area contributed by atoms with Crippen molar-refractivity contribution < 1.29 is 0 Å². The molecule has 5 heteroatoms. The predicted octanol–water partition coefficient (Wildman–Crippen LogP) is 3.96. The van der Waals surface area contributed by atoms with Gasteiger partial charge in [-0.3, -0.25) is 4.98 Å². The average molecular weight is 362 g/mol. The molecule has 2 heterocycles. The van der Waals surface area contributed by atoms with Crippen LogP contribution in [0.5, 0.6) is 0 Å². The van der Waals surface area contributed by atoms with Gasteiger partial charge in [-0.15, -0.1) is 11.3 Å². The summed E-state index contributed by atoms with van der Waals surface area (Å²) >= 11 is 8.68. The van der Waals surface area contributed by atoms with Gasteiger partial charge in [-0.2, -0.15) is 0 Å².